The van der Waals surface area contributed by atoms with E-state index in [0.29, 0.717) is 24.3 Å². The van der Waals surface area contributed by atoms with Gasteiger partial charge in [-0.15, -0.1) is 0 Å². The maximum atomic E-state index is 13.1. The normalized spacial score (nSPS) is 15.5. The smallest absolute Gasteiger partial charge is 0.287 e. The highest BCUT2D eigenvalue weighted by Gasteiger charge is 2.27. The van der Waals surface area contributed by atoms with Crippen molar-refractivity contribution < 1.29 is 22.4 Å². The second-order valence-electron chi connectivity index (χ2n) is 7.01. The fourth-order valence-electron chi connectivity index (χ4n) is 3.24. The zero-order valence-corrected chi connectivity index (χ0v) is 17.1. The highest BCUT2D eigenvalue weighted by Crippen LogP contribution is 2.25. The molecule has 1 saturated heterocycles. The van der Waals surface area contributed by atoms with Crippen LogP contribution in [0.1, 0.15) is 41.8 Å². The Balaban J connectivity index is 1.68. The zero-order valence-electron chi connectivity index (χ0n) is 16.3. The summed E-state index contributed by atoms with van der Waals surface area (Å²) in [5.41, 5.74) is 0.986. The van der Waals surface area contributed by atoms with Crippen LogP contribution in [0, 0.1) is 6.92 Å². The number of hydrogen-bond acceptors (Lipinski definition) is 5. The monoisotopic (exact) mass is 419 g/mol. The third-order valence-corrected chi connectivity index (χ3v) is 6.85. The van der Waals surface area contributed by atoms with E-state index in [1.807, 2.05) is 0 Å². The Morgan fingerprint density at radius 2 is 1.83 bits per heavy atom. The third-order valence-electron chi connectivity index (χ3n) is 4.81. The first-order chi connectivity index (χ1) is 13.9. The first-order valence-corrected chi connectivity index (χ1v) is 11.0. The number of amides is 2. The third kappa shape index (κ3) is 5.24. The van der Waals surface area contributed by atoms with Crippen molar-refractivity contribution in [3.8, 4) is 0 Å². The highest BCUT2D eigenvalue weighted by atomic mass is 32.2. The SMILES string of the molecule is Cc1ccc(NC(=O)CNC(=O)c2ccco2)cc1S(=O)(=O)N1CCCCCC1. The number of carbonyl (C=O) groups excluding carboxylic acids is 2. The van der Waals surface area contributed by atoms with Gasteiger partial charge < -0.3 is 15.1 Å². The number of furan rings is 1. The molecule has 29 heavy (non-hydrogen) atoms. The summed E-state index contributed by atoms with van der Waals surface area (Å²) < 4.78 is 32.7. The molecule has 2 aromatic rings. The number of nitrogens with one attached hydrogen (secondary N) is 2. The van der Waals surface area contributed by atoms with Crippen LogP contribution in [0.25, 0.3) is 0 Å². The maximum Gasteiger partial charge on any atom is 0.287 e. The van der Waals surface area contributed by atoms with Gasteiger partial charge in [-0.3, -0.25) is 9.59 Å². The van der Waals surface area contributed by atoms with Gasteiger partial charge in [-0.2, -0.15) is 4.31 Å². The van der Waals surface area contributed by atoms with Crippen molar-refractivity contribution in [2.75, 3.05) is 25.0 Å². The largest absolute Gasteiger partial charge is 0.459 e. The number of hydrogen-bond donors (Lipinski definition) is 2. The number of nitrogens with zero attached hydrogens (tertiary/aromatic N) is 1. The van der Waals surface area contributed by atoms with Gasteiger partial charge in [-0.25, -0.2) is 8.42 Å². The second-order valence-corrected chi connectivity index (χ2v) is 8.91. The molecule has 156 valence electrons. The van der Waals surface area contributed by atoms with Crippen molar-refractivity contribution in [2.24, 2.45) is 0 Å². The average molecular weight is 420 g/mol. The summed E-state index contributed by atoms with van der Waals surface area (Å²) in [6.45, 7) is 2.50. The molecule has 8 nitrogen and oxygen atoms in total. The summed E-state index contributed by atoms with van der Waals surface area (Å²) in [6.07, 6.45) is 5.14. The molecule has 1 aromatic carbocycles. The molecule has 0 radical (unpaired) electrons. The standard InChI is InChI=1S/C20H25N3O5S/c1-15-8-9-16(22-19(24)14-21-20(25)17-7-6-12-28-17)13-18(15)29(26,27)23-10-4-2-3-5-11-23/h6-9,12-13H,2-5,10-11,14H2,1H3,(H,21,25)(H,22,24). The van der Waals surface area contributed by atoms with Crippen LogP contribution in [0.5, 0.6) is 0 Å². The molecule has 0 aliphatic carbocycles. The van der Waals surface area contributed by atoms with E-state index in [1.54, 1.807) is 25.1 Å². The van der Waals surface area contributed by atoms with Gasteiger partial charge in [-0.1, -0.05) is 18.9 Å². The minimum Gasteiger partial charge on any atom is -0.459 e. The molecule has 9 heteroatoms. The van der Waals surface area contributed by atoms with Gasteiger partial charge in [0, 0.05) is 18.8 Å². The Kier molecular flexibility index (Phi) is 6.71. The molecule has 1 aliphatic rings. The molecule has 1 aliphatic heterocycles. The molecular formula is C20H25N3O5S. The number of benzene rings is 1. The Labute approximate surface area is 170 Å². The zero-order chi connectivity index (χ0) is 20.9. The van der Waals surface area contributed by atoms with Gasteiger partial charge in [0.15, 0.2) is 5.76 Å². The van der Waals surface area contributed by atoms with Crippen molar-refractivity contribution in [3.63, 3.8) is 0 Å². The van der Waals surface area contributed by atoms with Crippen molar-refractivity contribution in [3.05, 3.63) is 47.9 Å². The lowest BCUT2D eigenvalue weighted by Gasteiger charge is -2.21. The second kappa shape index (κ2) is 9.23. The van der Waals surface area contributed by atoms with Crippen molar-refractivity contribution >= 4 is 27.5 Å². The Morgan fingerprint density at radius 1 is 1.10 bits per heavy atom. The minimum absolute atomic E-state index is 0.110. The maximum absolute atomic E-state index is 13.1. The van der Waals surface area contributed by atoms with E-state index in [4.69, 9.17) is 4.42 Å². The molecule has 2 amide bonds. The van der Waals surface area contributed by atoms with Crippen LogP contribution in [-0.2, 0) is 14.8 Å². The molecular weight excluding hydrogens is 394 g/mol. The Hall–Kier alpha value is -2.65. The lowest BCUT2D eigenvalue weighted by Crippen LogP contribution is -2.33. The van der Waals surface area contributed by atoms with Crippen LogP contribution >= 0.6 is 0 Å². The first-order valence-electron chi connectivity index (χ1n) is 9.60. The number of rotatable bonds is 6. The summed E-state index contributed by atoms with van der Waals surface area (Å²) >= 11 is 0. The summed E-state index contributed by atoms with van der Waals surface area (Å²) in [7, 11) is -3.63. The van der Waals surface area contributed by atoms with Crippen LogP contribution < -0.4 is 10.6 Å². The molecule has 2 N–H and O–H groups in total. The quantitative estimate of drug-likeness (QED) is 0.748. The number of sulfonamides is 1. The molecule has 0 spiro atoms. The lowest BCUT2D eigenvalue weighted by atomic mass is 10.2. The first kappa shape index (κ1) is 21.1. The average Bonchev–Trinajstić information content (AvgIpc) is 3.09. The summed E-state index contributed by atoms with van der Waals surface area (Å²) in [5.74, 6) is -0.857. The van der Waals surface area contributed by atoms with E-state index in [-0.39, 0.29) is 17.2 Å². The van der Waals surface area contributed by atoms with E-state index in [1.165, 1.54) is 22.7 Å². The van der Waals surface area contributed by atoms with Crippen LogP contribution in [0.2, 0.25) is 0 Å². The van der Waals surface area contributed by atoms with Crippen molar-refractivity contribution in [2.45, 2.75) is 37.5 Å². The molecule has 2 heterocycles. The molecule has 1 fully saturated rings. The molecule has 3 rings (SSSR count). The van der Waals surface area contributed by atoms with Gasteiger partial charge in [-0.05, 0) is 49.6 Å². The fourth-order valence-corrected chi connectivity index (χ4v) is 5.01. The lowest BCUT2D eigenvalue weighted by molar-refractivity contribution is -0.115. The van der Waals surface area contributed by atoms with Gasteiger partial charge >= 0.3 is 0 Å². The van der Waals surface area contributed by atoms with Crippen LogP contribution in [0.15, 0.2) is 45.9 Å². The topological polar surface area (TPSA) is 109 Å². The van der Waals surface area contributed by atoms with E-state index in [9.17, 15) is 18.0 Å². The summed E-state index contributed by atoms with van der Waals surface area (Å²) in [6, 6.07) is 7.85. The number of carbonyl (C=O) groups is 2. The highest BCUT2D eigenvalue weighted by molar-refractivity contribution is 7.89. The number of aryl methyl sites for hydroxylation is 1. The van der Waals surface area contributed by atoms with E-state index >= 15 is 0 Å². The molecule has 0 bridgehead atoms. The number of anilines is 1. The van der Waals surface area contributed by atoms with Crippen LogP contribution in [-0.4, -0.2) is 44.2 Å². The molecule has 0 saturated carbocycles. The van der Waals surface area contributed by atoms with E-state index in [2.05, 4.69) is 10.6 Å². The van der Waals surface area contributed by atoms with E-state index in [0.717, 1.165) is 25.7 Å². The molecule has 0 atom stereocenters. The Morgan fingerprint density at radius 3 is 2.48 bits per heavy atom. The van der Waals surface area contributed by atoms with E-state index < -0.39 is 21.8 Å². The van der Waals surface area contributed by atoms with Crippen molar-refractivity contribution in [1.82, 2.24) is 9.62 Å². The van der Waals surface area contributed by atoms with Crippen LogP contribution in [0.3, 0.4) is 0 Å². The predicted octanol–water partition coefficient (Wildman–Crippen LogP) is 2.52. The van der Waals surface area contributed by atoms with Crippen molar-refractivity contribution in [1.29, 1.82) is 0 Å². The minimum atomic E-state index is -3.63. The molecule has 1 aromatic heterocycles. The summed E-state index contributed by atoms with van der Waals surface area (Å²) in [5, 5.41) is 5.08. The van der Waals surface area contributed by atoms with Gasteiger partial charge in [0.2, 0.25) is 15.9 Å². The Bertz CT molecular complexity index is 962. The summed E-state index contributed by atoms with van der Waals surface area (Å²) in [4.78, 5) is 24.2. The molecule has 0 unspecified atom stereocenters. The van der Waals surface area contributed by atoms with Crippen LogP contribution in [0.4, 0.5) is 5.69 Å². The van der Waals surface area contributed by atoms with Gasteiger partial charge in [0.1, 0.15) is 0 Å². The predicted molar refractivity (Wildman–Crippen MR) is 108 cm³/mol. The van der Waals surface area contributed by atoms with Gasteiger partial charge in [0.25, 0.3) is 5.91 Å². The fraction of sp³-hybridized carbons (Fsp3) is 0.400. The van der Waals surface area contributed by atoms with Gasteiger partial charge in [0.05, 0.1) is 17.7 Å².